The number of carbonyl (C=O) groups excluding carboxylic acids is 1. The molecule has 1 amide bonds. The molecule has 0 spiro atoms. The van der Waals surface area contributed by atoms with Crippen LogP contribution in [0.3, 0.4) is 0 Å². The van der Waals surface area contributed by atoms with Crippen LogP contribution in [-0.4, -0.2) is 44.5 Å². The third-order valence-corrected chi connectivity index (χ3v) is 4.19. The van der Waals surface area contributed by atoms with E-state index in [9.17, 15) is 4.79 Å². The average molecular weight is 334 g/mol. The van der Waals surface area contributed by atoms with Crippen LogP contribution in [0, 0.1) is 0 Å². The molecule has 0 unspecified atom stereocenters. The van der Waals surface area contributed by atoms with E-state index in [0.717, 1.165) is 12.1 Å². The van der Waals surface area contributed by atoms with E-state index >= 15 is 0 Å². The molecule has 0 aliphatic carbocycles. The Morgan fingerprint density at radius 1 is 1.12 bits per heavy atom. The quantitative estimate of drug-likeness (QED) is 0.718. The molecule has 1 fully saturated rings. The number of rotatable bonds is 5. The van der Waals surface area contributed by atoms with E-state index in [2.05, 4.69) is 9.97 Å². The first-order chi connectivity index (χ1) is 12.3. The molecule has 2 aromatic heterocycles. The lowest BCUT2D eigenvalue weighted by molar-refractivity contribution is 0.0160. The zero-order valence-electron chi connectivity index (χ0n) is 13.7. The van der Waals surface area contributed by atoms with Crippen LogP contribution in [0.4, 0.5) is 0 Å². The Morgan fingerprint density at radius 3 is 2.64 bits per heavy atom. The lowest BCUT2D eigenvalue weighted by Gasteiger charge is -2.38. The largest absolute Gasteiger partial charge is 0.471 e. The van der Waals surface area contributed by atoms with Gasteiger partial charge in [0.05, 0.1) is 19.4 Å². The summed E-state index contributed by atoms with van der Waals surface area (Å²) in [7, 11) is 0. The van der Waals surface area contributed by atoms with E-state index in [0.29, 0.717) is 24.5 Å². The van der Waals surface area contributed by atoms with E-state index < -0.39 is 0 Å². The molecule has 1 saturated heterocycles. The maximum atomic E-state index is 12.5. The number of amides is 1. The number of pyridine rings is 1. The molecule has 126 valence electrons. The minimum Gasteiger partial charge on any atom is -0.471 e. The monoisotopic (exact) mass is 334 g/mol. The molecule has 0 N–H and O–H groups in total. The number of hydrogen-bond acceptors (Lipinski definition) is 4. The number of hydrogen-bond donors (Lipinski definition) is 0. The molecule has 1 aromatic carbocycles. The second-order valence-electron chi connectivity index (χ2n) is 6.05. The molecule has 0 radical (unpaired) electrons. The number of imidazole rings is 1. The van der Waals surface area contributed by atoms with Gasteiger partial charge in [0, 0.05) is 36.8 Å². The summed E-state index contributed by atoms with van der Waals surface area (Å²) < 4.78 is 7.72. The molecule has 3 heterocycles. The van der Waals surface area contributed by atoms with Gasteiger partial charge in [-0.3, -0.25) is 4.79 Å². The van der Waals surface area contributed by atoms with Crippen LogP contribution in [0.2, 0.25) is 0 Å². The van der Waals surface area contributed by atoms with Gasteiger partial charge in [-0.1, -0.05) is 18.2 Å². The molecule has 1 aliphatic rings. The summed E-state index contributed by atoms with van der Waals surface area (Å²) in [4.78, 5) is 22.4. The van der Waals surface area contributed by atoms with Gasteiger partial charge in [0.1, 0.15) is 6.10 Å². The zero-order valence-corrected chi connectivity index (χ0v) is 13.7. The normalized spacial score (nSPS) is 14.2. The Labute approximate surface area is 145 Å². The topological polar surface area (TPSA) is 60.2 Å². The van der Waals surface area contributed by atoms with Gasteiger partial charge in [-0.05, 0) is 23.8 Å². The minimum atomic E-state index is 0.0133. The van der Waals surface area contributed by atoms with E-state index in [4.69, 9.17) is 4.74 Å². The van der Waals surface area contributed by atoms with Crippen molar-refractivity contribution in [2.75, 3.05) is 13.1 Å². The Kier molecular flexibility index (Phi) is 4.16. The van der Waals surface area contributed by atoms with Gasteiger partial charge in [0.25, 0.3) is 5.91 Å². The number of nitrogens with zero attached hydrogens (tertiary/aromatic N) is 4. The van der Waals surface area contributed by atoms with Gasteiger partial charge in [0.2, 0.25) is 5.88 Å². The summed E-state index contributed by atoms with van der Waals surface area (Å²) in [6.07, 6.45) is 7.16. The predicted octanol–water partition coefficient (Wildman–Crippen LogP) is 2.23. The first-order valence-corrected chi connectivity index (χ1v) is 8.19. The smallest absolute Gasteiger partial charge is 0.254 e. The summed E-state index contributed by atoms with van der Waals surface area (Å²) in [6, 6.07) is 13.3. The van der Waals surface area contributed by atoms with E-state index in [1.807, 2.05) is 53.2 Å². The van der Waals surface area contributed by atoms with Crippen molar-refractivity contribution in [3.63, 3.8) is 0 Å². The van der Waals surface area contributed by atoms with Crippen LogP contribution in [0.5, 0.6) is 5.88 Å². The van der Waals surface area contributed by atoms with Crippen LogP contribution in [0.15, 0.2) is 67.4 Å². The van der Waals surface area contributed by atoms with Crippen molar-refractivity contribution in [3.8, 4) is 5.88 Å². The van der Waals surface area contributed by atoms with E-state index in [-0.39, 0.29) is 12.0 Å². The Balaban J connectivity index is 1.31. The van der Waals surface area contributed by atoms with Gasteiger partial charge in [0.15, 0.2) is 0 Å². The minimum absolute atomic E-state index is 0.0133. The predicted molar refractivity (Wildman–Crippen MR) is 92.3 cm³/mol. The van der Waals surface area contributed by atoms with Crippen LogP contribution in [0.25, 0.3) is 0 Å². The SMILES string of the molecule is O=C(c1ccc(Cn2ccnc2)cc1)N1CC(Oc2ccccn2)C1. The molecule has 25 heavy (non-hydrogen) atoms. The fourth-order valence-corrected chi connectivity index (χ4v) is 2.79. The fourth-order valence-electron chi connectivity index (χ4n) is 2.79. The number of benzene rings is 1. The third kappa shape index (κ3) is 3.52. The molecule has 0 bridgehead atoms. The van der Waals surface area contributed by atoms with Crippen LogP contribution in [0.1, 0.15) is 15.9 Å². The summed E-state index contributed by atoms with van der Waals surface area (Å²) in [5.41, 5.74) is 1.83. The van der Waals surface area contributed by atoms with Gasteiger partial charge in [-0.15, -0.1) is 0 Å². The van der Waals surface area contributed by atoms with E-state index in [1.165, 1.54) is 0 Å². The van der Waals surface area contributed by atoms with Crippen molar-refractivity contribution >= 4 is 5.91 Å². The standard InChI is InChI=1S/C19H18N4O2/c24-19(23-12-17(13-23)25-18-3-1-2-8-21-18)16-6-4-15(5-7-16)11-22-10-9-20-14-22/h1-10,14,17H,11-13H2. The summed E-state index contributed by atoms with van der Waals surface area (Å²) >= 11 is 0. The molecular formula is C19H18N4O2. The summed E-state index contributed by atoms with van der Waals surface area (Å²) in [5, 5.41) is 0. The number of aromatic nitrogens is 3. The van der Waals surface area contributed by atoms with Gasteiger partial charge in [-0.2, -0.15) is 0 Å². The third-order valence-electron chi connectivity index (χ3n) is 4.19. The van der Waals surface area contributed by atoms with Gasteiger partial charge in [-0.25, -0.2) is 9.97 Å². The van der Waals surface area contributed by atoms with E-state index in [1.54, 1.807) is 23.6 Å². The highest BCUT2D eigenvalue weighted by Gasteiger charge is 2.32. The van der Waals surface area contributed by atoms with Gasteiger partial charge >= 0.3 is 0 Å². The van der Waals surface area contributed by atoms with Crippen molar-refractivity contribution in [1.82, 2.24) is 19.4 Å². The highest BCUT2D eigenvalue weighted by molar-refractivity contribution is 5.94. The van der Waals surface area contributed by atoms with Crippen molar-refractivity contribution in [3.05, 3.63) is 78.5 Å². The molecule has 6 heteroatoms. The number of ether oxygens (including phenoxy) is 1. The number of likely N-dealkylation sites (tertiary alicyclic amines) is 1. The van der Waals surface area contributed by atoms with Crippen LogP contribution >= 0.6 is 0 Å². The molecule has 0 atom stereocenters. The van der Waals surface area contributed by atoms with Crippen molar-refractivity contribution < 1.29 is 9.53 Å². The Hall–Kier alpha value is -3.15. The lowest BCUT2D eigenvalue weighted by atomic mass is 10.1. The molecule has 4 rings (SSSR count). The molecule has 0 saturated carbocycles. The highest BCUT2D eigenvalue weighted by atomic mass is 16.5. The summed E-state index contributed by atoms with van der Waals surface area (Å²) in [5.74, 6) is 0.638. The molecular weight excluding hydrogens is 316 g/mol. The second-order valence-corrected chi connectivity index (χ2v) is 6.05. The maximum absolute atomic E-state index is 12.5. The average Bonchev–Trinajstić information content (AvgIpc) is 3.12. The first-order valence-electron chi connectivity index (χ1n) is 8.19. The highest BCUT2D eigenvalue weighted by Crippen LogP contribution is 2.18. The first kappa shape index (κ1) is 15.4. The lowest BCUT2D eigenvalue weighted by Crippen LogP contribution is -2.56. The Morgan fingerprint density at radius 2 is 1.96 bits per heavy atom. The number of carbonyl (C=O) groups is 1. The fraction of sp³-hybridized carbons (Fsp3) is 0.211. The van der Waals surface area contributed by atoms with Crippen LogP contribution < -0.4 is 4.74 Å². The second kappa shape index (κ2) is 6.76. The zero-order chi connectivity index (χ0) is 17.1. The van der Waals surface area contributed by atoms with Crippen LogP contribution in [-0.2, 0) is 6.54 Å². The van der Waals surface area contributed by atoms with Crippen molar-refractivity contribution in [2.24, 2.45) is 0 Å². The molecule has 3 aromatic rings. The van der Waals surface area contributed by atoms with Gasteiger partial charge < -0.3 is 14.2 Å². The molecule has 6 nitrogen and oxygen atoms in total. The van der Waals surface area contributed by atoms with Crippen molar-refractivity contribution in [2.45, 2.75) is 12.6 Å². The Bertz CT molecular complexity index is 826. The van der Waals surface area contributed by atoms with Crippen molar-refractivity contribution in [1.29, 1.82) is 0 Å². The summed E-state index contributed by atoms with van der Waals surface area (Å²) in [6.45, 7) is 1.93. The molecule has 1 aliphatic heterocycles. The maximum Gasteiger partial charge on any atom is 0.254 e.